The van der Waals surface area contributed by atoms with E-state index in [0.717, 1.165) is 6.42 Å². The Morgan fingerprint density at radius 2 is 2.20 bits per heavy atom. The van der Waals surface area contributed by atoms with Crippen LogP contribution < -0.4 is 5.73 Å². The summed E-state index contributed by atoms with van der Waals surface area (Å²) < 4.78 is 5.12. The van der Waals surface area contributed by atoms with Gasteiger partial charge in [0.05, 0.1) is 6.10 Å². The second-order valence-corrected chi connectivity index (χ2v) is 2.50. The summed E-state index contributed by atoms with van der Waals surface area (Å²) in [5, 5.41) is 9.26. The minimum absolute atomic E-state index is 0.359. The molecule has 0 heterocycles. The Morgan fingerprint density at radius 1 is 1.70 bits per heavy atom. The highest BCUT2D eigenvalue weighted by atomic mass is 16.5. The van der Waals surface area contributed by atoms with Gasteiger partial charge in [0.1, 0.15) is 5.60 Å². The van der Waals surface area contributed by atoms with Gasteiger partial charge in [0.25, 0.3) is 0 Å². The van der Waals surface area contributed by atoms with Crippen LogP contribution in [0.5, 0.6) is 0 Å². The van der Waals surface area contributed by atoms with Crippen LogP contribution in [0.15, 0.2) is 0 Å². The molecule has 0 aromatic rings. The minimum Gasteiger partial charge on any atom is -0.390 e. The summed E-state index contributed by atoms with van der Waals surface area (Å²) >= 11 is 0. The Morgan fingerprint density at radius 3 is 2.20 bits per heavy atom. The van der Waals surface area contributed by atoms with Crippen molar-refractivity contribution in [2.45, 2.75) is 32.0 Å². The van der Waals surface area contributed by atoms with E-state index >= 15 is 0 Å². The van der Waals surface area contributed by atoms with Crippen molar-refractivity contribution in [2.24, 2.45) is 5.73 Å². The predicted octanol–water partition coefficient (Wildman–Crippen LogP) is 0.121. The third-order valence-electron chi connectivity index (χ3n) is 2.11. The molecule has 3 heteroatoms. The highest BCUT2D eigenvalue weighted by Crippen LogP contribution is 2.17. The molecule has 10 heavy (non-hydrogen) atoms. The molecule has 62 valence electrons. The SMILES string of the molecule is CCC(CN)(OC)C(C)O. The molecule has 0 radical (unpaired) electrons. The lowest BCUT2D eigenvalue weighted by Crippen LogP contribution is -2.48. The predicted molar refractivity (Wildman–Crippen MR) is 40.8 cm³/mol. The van der Waals surface area contributed by atoms with Crippen LogP contribution in [-0.2, 0) is 4.74 Å². The number of aliphatic hydroxyl groups is 1. The number of methoxy groups -OCH3 is 1. The fourth-order valence-electron chi connectivity index (χ4n) is 1.01. The molecule has 2 atom stereocenters. The molecule has 0 saturated heterocycles. The van der Waals surface area contributed by atoms with E-state index in [4.69, 9.17) is 10.5 Å². The molecule has 0 aliphatic carbocycles. The van der Waals surface area contributed by atoms with E-state index in [2.05, 4.69) is 0 Å². The van der Waals surface area contributed by atoms with Crippen LogP contribution in [0.4, 0.5) is 0 Å². The zero-order chi connectivity index (χ0) is 8.20. The highest BCUT2D eigenvalue weighted by Gasteiger charge is 2.31. The molecule has 0 fully saturated rings. The van der Waals surface area contributed by atoms with Crippen molar-refractivity contribution in [1.82, 2.24) is 0 Å². The van der Waals surface area contributed by atoms with E-state index < -0.39 is 11.7 Å². The maximum atomic E-state index is 9.26. The first kappa shape index (κ1) is 9.88. The van der Waals surface area contributed by atoms with Gasteiger partial charge in [-0.1, -0.05) is 6.92 Å². The number of aliphatic hydroxyl groups excluding tert-OH is 1. The highest BCUT2D eigenvalue weighted by molar-refractivity contribution is 4.85. The zero-order valence-electron chi connectivity index (χ0n) is 6.92. The van der Waals surface area contributed by atoms with E-state index in [9.17, 15) is 5.11 Å². The van der Waals surface area contributed by atoms with Gasteiger partial charge in [-0.05, 0) is 13.3 Å². The quantitative estimate of drug-likeness (QED) is 0.594. The van der Waals surface area contributed by atoms with Gasteiger partial charge in [-0.3, -0.25) is 0 Å². The Hall–Kier alpha value is -0.120. The fourth-order valence-corrected chi connectivity index (χ4v) is 1.01. The number of nitrogens with two attached hydrogens (primary N) is 1. The second-order valence-electron chi connectivity index (χ2n) is 2.50. The normalized spacial score (nSPS) is 20.1. The van der Waals surface area contributed by atoms with Crippen molar-refractivity contribution in [1.29, 1.82) is 0 Å². The molecule has 3 N–H and O–H groups in total. The largest absolute Gasteiger partial charge is 0.390 e. The summed E-state index contributed by atoms with van der Waals surface area (Å²) in [5.41, 5.74) is 4.90. The number of hydrogen-bond acceptors (Lipinski definition) is 3. The lowest BCUT2D eigenvalue weighted by atomic mass is 9.95. The van der Waals surface area contributed by atoms with Crippen molar-refractivity contribution >= 4 is 0 Å². The van der Waals surface area contributed by atoms with E-state index in [1.165, 1.54) is 0 Å². The average Bonchev–Trinajstić information content (AvgIpc) is 1.92. The number of hydrogen-bond donors (Lipinski definition) is 2. The van der Waals surface area contributed by atoms with Gasteiger partial charge in [-0.2, -0.15) is 0 Å². The van der Waals surface area contributed by atoms with Gasteiger partial charge in [-0.15, -0.1) is 0 Å². The lowest BCUT2D eigenvalue weighted by molar-refractivity contribution is -0.0904. The van der Waals surface area contributed by atoms with Gasteiger partial charge in [-0.25, -0.2) is 0 Å². The smallest absolute Gasteiger partial charge is 0.105 e. The summed E-state index contributed by atoms with van der Waals surface area (Å²) in [7, 11) is 1.57. The molecule has 0 aliphatic rings. The van der Waals surface area contributed by atoms with Gasteiger partial charge >= 0.3 is 0 Å². The van der Waals surface area contributed by atoms with Crippen LogP contribution in [0, 0.1) is 0 Å². The van der Waals surface area contributed by atoms with Gasteiger partial charge in [0.2, 0.25) is 0 Å². The number of rotatable bonds is 4. The van der Waals surface area contributed by atoms with Crippen molar-refractivity contribution in [2.75, 3.05) is 13.7 Å². The first-order valence-corrected chi connectivity index (χ1v) is 3.56. The monoisotopic (exact) mass is 147 g/mol. The molecule has 0 bridgehead atoms. The molecule has 0 aliphatic heterocycles. The standard InChI is InChI=1S/C7H17NO2/c1-4-7(5-8,10-3)6(2)9/h6,9H,4-5,8H2,1-3H3. The van der Waals surface area contributed by atoms with Crippen LogP contribution in [0.3, 0.4) is 0 Å². The van der Waals surface area contributed by atoms with Crippen LogP contribution in [0.1, 0.15) is 20.3 Å². The summed E-state index contributed by atoms with van der Waals surface area (Å²) in [6.07, 6.45) is 0.227. The molecular weight excluding hydrogens is 130 g/mol. The van der Waals surface area contributed by atoms with E-state index in [-0.39, 0.29) is 0 Å². The molecule has 0 aromatic heterocycles. The topological polar surface area (TPSA) is 55.5 Å². The van der Waals surface area contributed by atoms with Crippen LogP contribution in [0.25, 0.3) is 0 Å². The number of ether oxygens (including phenoxy) is 1. The summed E-state index contributed by atoms with van der Waals surface area (Å²) in [6, 6.07) is 0. The summed E-state index contributed by atoms with van der Waals surface area (Å²) in [6.45, 7) is 4.00. The molecule has 3 nitrogen and oxygen atoms in total. The zero-order valence-corrected chi connectivity index (χ0v) is 6.92. The van der Waals surface area contributed by atoms with Gasteiger partial charge in [0, 0.05) is 13.7 Å². The first-order chi connectivity index (χ1) is 4.63. The van der Waals surface area contributed by atoms with Gasteiger partial charge < -0.3 is 15.6 Å². The maximum absolute atomic E-state index is 9.26. The van der Waals surface area contributed by atoms with Crippen molar-refractivity contribution in [3.8, 4) is 0 Å². The Bertz CT molecular complexity index is 81.3. The second kappa shape index (κ2) is 3.91. The van der Waals surface area contributed by atoms with E-state index in [0.29, 0.717) is 6.54 Å². The maximum Gasteiger partial charge on any atom is 0.105 e. The molecule has 2 unspecified atom stereocenters. The Kier molecular flexibility index (Phi) is 3.86. The minimum atomic E-state index is -0.542. The molecule has 0 rings (SSSR count). The third-order valence-corrected chi connectivity index (χ3v) is 2.11. The fraction of sp³-hybridized carbons (Fsp3) is 1.00. The Labute approximate surface area is 62.2 Å². The summed E-state index contributed by atoms with van der Waals surface area (Å²) in [5.74, 6) is 0. The molecule has 0 saturated carbocycles. The molecule has 0 aromatic carbocycles. The van der Waals surface area contributed by atoms with E-state index in [1.807, 2.05) is 6.92 Å². The summed E-state index contributed by atoms with van der Waals surface area (Å²) in [4.78, 5) is 0. The lowest BCUT2D eigenvalue weighted by Gasteiger charge is -2.32. The van der Waals surface area contributed by atoms with Crippen LogP contribution in [0.2, 0.25) is 0 Å². The average molecular weight is 147 g/mol. The van der Waals surface area contributed by atoms with Crippen LogP contribution >= 0.6 is 0 Å². The molecule has 0 spiro atoms. The third kappa shape index (κ3) is 1.68. The van der Waals surface area contributed by atoms with Crippen molar-refractivity contribution < 1.29 is 9.84 Å². The van der Waals surface area contributed by atoms with E-state index in [1.54, 1.807) is 14.0 Å². The van der Waals surface area contributed by atoms with Crippen LogP contribution in [-0.4, -0.2) is 30.5 Å². The van der Waals surface area contributed by atoms with Gasteiger partial charge in [0.15, 0.2) is 0 Å². The first-order valence-electron chi connectivity index (χ1n) is 3.56. The molecule has 0 amide bonds. The Balaban J connectivity index is 4.15. The van der Waals surface area contributed by atoms with Crippen molar-refractivity contribution in [3.05, 3.63) is 0 Å². The van der Waals surface area contributed by atoms with Crippen molar-refractivity contribution in [3.63, 3.8) is 0 Å². The molecular formula is C7H17NO2.